The first-order chi connectivity index (χ1) is 9.49. The number of rotatable bonds is 1. The van der Waals surface area contributed by atoms with E-state index in [1.54, 1.807) is 6.07 Å². The van der Waals surface area contributed by atoms with E-state index in [-0.39, 0.29) is 11.5 Å². The van der Waals surface area contributed by atoms with Gasteiger partial charge in [-0.1, -0.05) is 6.58 Å². The molecule has 3 N–H and O–H groups in total. The van der Waals surface area contributed by atoms with Gasteiger partial charge in [0.05, 0.1) is 11.1 Å². The Morgan fingerprint density at radius 1 is 1.20 bits per heavy atom. The summed E-state index contributed by atoms with van der Waals surface area (Å²) in [5, 5.41) is 2.58. The largest absolute Gasteiger partial charge is 0.399 e. The zero-order valence-electron chi connectivity index (χ0n) is 10.7. The van der Waals surface area contributed by atoms with E-state index in [2.05, 4.69) is 11.9 Å². The maximum atomic E-state index is 12.3. The molecule has 102 valence electrons. The fraction of sp³-hybridized carbons (Fsp3) is 0.214. The number of hydrogen-bond acceptors (Lipinski definition) is 4. The molecule has 2 aliphatic heterocycles. The molecule has 0 saturated carbocycles. The number of nitrogens with one attached hydrogen (secondary N) is 1. The summed E-state index contributed by atoms with van der Waals surface area (Å²) in [6.45, 7) is 3.68. The minimum Gasteiger partial charge on any atom is -0.399 e. The van der Waals surface area contributed by atoms with E-state index in [0.717, 1.165) is 4.90 Å². The minimum atomic E-state index is -0.783. The van der Waals surface area contributed by atoms with Crippen LogP contribution < -0.4 is 11.1 Å². The third kappa shape index (κ3) is 1.69. The summed E-state index contributed by atoms with van der Waals surface area (Å²) in [6.07, 6.45) is 0.942. The average molecular weight is 271 g/mol. The van der Waals surface area contributed by atoms with E-state index in [1.165, 1.54) is 12.1 Å². The summed E-state index contributed by atoms with van der Waals surface area (Å²) >= 11 is 0. The van der Waals surface area contributed by atoms with Gasteiger partial charge in [0.1, 0.15) is 6.04 Å². The number of carbonyl (C=O) groups excluding carboxylic acids is 3. The number of fused-ring (bicyclic) bond motifs is 1. The van der Waals surface area contributed by atoms with Gasteiger partial charge in [-0.2, -0.15) is 0 Å². The number of nitrogen functional groups attached to an aromatic ring is 1. The summed E-state index contributed by atoms with van der Waals surface area (Å²) in [5.74, 6) is -1.29. The van der Waals surface area contributed by atoms with Crippen LogP contribution in [0.15, 0.2) is 30.5 Å². The Bertz CT molecular complexity index is 666. The molecule has 1 saturated heterocycles. The SMILES string of the molecule is C=C1CCC(N2C(=O)c3ccc(N)cc3C2=O)C(=O)N1. The molecular formula is C14H13N3O3. The number of nitrogens with zero attached hydrogens (tertiary/aromatic N) is 1. The van der Waals surface area contributed by atoms with Crippen molar-refractivity contribution < 1.29 is 14.4 Å². The van der Waals surface area contributed by atoms with Crippen LogP contribution >= 0.6 is 0 Å². The normalized spacial score (nSPS) is 22.0. The molecule has 0 spiro atoms. The number of nitrogens with two attached hydrogens (primary N) is 1. The van der Waals surface area contributed by atoms with Crippen molar-refractivity contribution in [3.05, 3.63) is 41.6 Å². The van der Waals surface area contributed by atoms with Gasteiger partial charge in [0.15, 0.2) is 0 Å². The Morgan fingerprint density at radius 2 is 1.90 bits per heavy atom. The zero-order valence-corrected chi connectivity index (χ0v) is 10.7. The van der Waals surface area contributed by atoms with Gasteiger partial charge < -0.3 is 11.1 Å². The molecule has 0 aromatic heterocycles. The Labute approximate surface area is 115 Å². The molecule has 1 aromatic rings. The van der Waals surface area contributed by atoms with Crippen molar-refractivity contribution in [3.63, 3.8) is 0 Å². The summed E-state index contributed by atoms with van der Waals surface area (Å²) in [5.41, 5.74) is 7.20. The number of anilines is 1. The number of benzene rings is 1. The van der Waals surface area contributed by atoms with Crippen LogP contribution in [-0.2, 0) is 4.79 Å². The Hall–Kier alpha value is -2.63. The Kier molecular flexibility index (Phi) is 2.60. The van der Waals surface area contributed by atoms with Crippen molar-refractivity contribution in [1.82, 2.24) is 10.2 Å². The van der Waals surface area contributed by atoms with E-state index in [1.807, 2.05) is 0 Å². The molecule has 1 atom stereocenters. The monoisotopic (exact) mass is 271 g/mol. The van der Waals surface area contributed by atoms with Crippen LogP contribution in [0.25, 0.3) is 0 Å². The molecule has 20 heavy (non-hydrogen) atoms. The summed E-state index contributed by atoms with van der Waals surface area (Å²) in [6, 6.07) is 3.77. The van der Waals surface area contributed by atoms with Gasteiger partial charge in [0, 0.05) is 11.4 Å². The van der Waals surface area contributed by atoms with Crippen molar-refractivity contribution in [2.24, 2.45) is 0 Å². The Morgan fingerprint density at radius 3 is 2.60 bits per heavy atom. The highest BCUT2D eigenvalue weighted by Gasteiger charge is 2.43. The minimum absolute atomic E-state index is 0.257. The predicted octanol–water partition coefficient (Wildman–Crippen LogP) is 0.657. The lowest BCUT2D eigenvalue weighted by molar-refractivity contribution is -0.125. The number of hydrogen-bond donors (Lipinski definition) is 2. The second-order valence-corrected chi connectivity index (χ2v) is 4.93. The molecule has 2 aliphatic rings. The number of carbonyl (C=O) groups is 3. The first-order valence-electron chi connectivity index (χ1n) is 6.25. The number of imide groups is 1. The lowest BCUT2D eigenvalue weighted by Crippen LogP contribution is -2.51. The van der Waals surface area contributed by atoms with Crippen LogP contribution in [0.3, 0.4) is 0 Å². The second-order valence-electron chi connectivity index (χ2n) is 4.93. The maximum Gasteiger partial charge on any atom is 0.262 e. The molecule has 3 rings (SSSR count). The van der Waals surface area contributed by atoms with Crippen molar-refractivity contribution in [2.75, 3.05) is 5.73 Å². The quantitative estimate of drug-likeness (QED) is 0.579. The van der Waals surface area contributed by atoms with Gasteiger partial charge in [-0.15, -0.1) is 0 Å². The smallest absolute Gasteiger partial charge is 0.262 e. The number of piperidine rings is 1. The van der Waals surface area contributed by atoms with Crippen molar-refractivity contribution in [3.8, 4) is 0 Å². The van der Waals surface area contributed by atoms with E-state index >= 15 is 0 Å². The van der Waals surface area contributed by atoms with Crippen molar-refractivity contribution >= 4 is 23.4 Å². The van der Waals surface area contributed by atoms with E-state index in [0.29, 0.717) is 29.8 Å². The molecular weight excluding hydrogens is 258 g/mol. The molecule has 6 heteroatoms. The molecule has 0 radical (unpaired) electrons. The lowest BCUT2D eigenvalue weighted by atomic mass is 10.0. The van der Waals surface area contributed by atoms with E-state index < -0.39 is 17.9 Å². The van der Waals surface area contributed by atoms with Crippen LogP contribution in [0.2, 0.25) is 0 Å². The standard InChI is InChI=1S/C14H13N3O3/c1-7-2-5-11(12(18)16-7)17-13(19)9-4-3-8(15)6-10(9)14(17)20/h3-4,6,11H,1-2,5,15H2,(H,16,18). The fourth-order valence-corrected chi connectivity index (χ4v) is 2.57. The second kappa shape index (κ2) is 4.19. The molecule has 6 nitrogen and oxygen atoms in total. The Balaban J connectivity index is 1.97. The molecule has 0 aliphatic carbocycles. The summed E-state index contributed by atoms with van der Waals surface area (Å²) < 4.78 is 0. The van der Waals surface area contributed by atoms with Gasteiger partial charge >= 0.3 is 0 Å². The highest BCUT2D eigenvalue weighted by molar-refractivity contribution is 6.23. The maximum absolute atomic E-state index is 12.3. The summed E-state index contributed by atoms with van der Waals surface area (Å²) in [4.78, 5) is 37.6. The summed E-state index contributed by atoms with van der Waals surface area (Å²) in [7, 11) is 0. The number of amides is 3. The van der Waals surface area contributed by atoms with Crippen LogP contribution in [0, 0.1) is 0 Å². The zero-order chi connectivity index (χ0) is 14.4. The van der Waals surface area contributed by atoms with Crippen molar-refractivity contribution in [1.29, 1.82) is 0 Å². The van der Waals surface area contributed by atoms with Gasteiger partial charge in [0.2, 0.25) is 5.91 Å². The van der Waals surface area contributed by atoms with Gasteiger partial charge in [-0.3, -0.25) is 19.3 Å². The van der Waals surface area contributed by atoms with Gasteiger partial charge in [0.25, 0.3) is 11.8 Å². The van der Waals surface area contributed by atoms with E-state index in [9.17, 15) is 14.4 Å². The van der Waals surface area contributed by atoms with Crippen LogP contribution in [0.5, 0.6) is 0 Å². The topological polar surface area (TPSA) is 92.5 Å². The van der Waals surface area contributed by atoms with Crippen LogP contribution in [0.1, 0.15) is 33.6 Å². The highest BCUT2D eigenvalue weighted by Crippen LogP contribution is 2.29. The first kappa shape index (κ1) is 12.4. The van der Waals surface area contributed by atoms with Gasteiger partial charge in [-0.05, 0) is 31.0 Å². The first-order valence-corrected chi connectivity index (χ1v) is 6.25. The predicted molar refractivity (Wildman–Crippen MR) is 71.7 cm³/mol. The molecule has 1 fully saturated rings. The van der Waals surface area contributed by atoms with Crippen LogP contribution in [0.4, 0.5) is 5.69 Å². The molecule has 3 amide bonds. The average Bonchev–Trinajstić information content (AvgIpc) is 2.63. The molecule has 2 heterocycles. The molecule has 1 unspecified atom stereocenters. The van der Waals surface area contributed by atoms with E-state index in [4.69, 9.17) is 5.73 Å². The lowest BCUT2D eigenvalue weighted by Gasteiger charge is -2.29. The third-order valence-electron chi connectivity index (χ3n) is 3.58. The van der Waals surface area contributed by atoms with Crippen LogP contribution in [-0.4, -0.2) is 28.7 Å². The van der Waals surface area contributed by atoms with Gasteiger partial charge in [-0.25, -0.2) is 0 Å². The molecule has 1 aromatic carbocycles. The van der Waals surface area contributed by atoms with Crippen molar-refractivity contribution in [2.45, 2.75) is 18.9 Å². The highest BCUT2D eigenvalue weighted by atomic mass is 16.2. The molecule has 0 bridgehead atoms. The number of allylic oxidation sites excluding steroid dienone is 1. The fourth-order valence-electron chi connectivity index (χ4n) is 2.57. The third-order valence-corrected chi connectivity index (χ3v) is 3.58.